The highest BCUT2D eigenvalue weighted by Gasteiger charge is 2.28. The monoisotopic (exact) mass is 224 g/mol. The Morgan fingerprint density at radius 2 is 1.62 bits per heavy atom. The van der Waals surface area contributed by atoms with E-state index in [9.17, 15) is 4.79 Å². The molecular weight excluding hydrogens is 200 g/mol. The van der Waals surface area contributed by atoms with Gasteiger partial charge in [0.15, 0.2) is 0 Å². The number of ketones is 1. The van der Waals surface area contributed by atoms with Gasteiger partial charge in [0.1, 0.15) is 5.78 Å². The lowest BCUT2D eigenvalue weighted by atomic mass is 9.80. The molecular formula is C14H24O2. The smallest absolute Gasteiger partial charge is 0.133 e. The van der Waals surface area contributed by atoms with Crippen LogP contribution in [0.3, 0.4) is 0 Å². The lowest BCUT2D eigenvalue weighted by Crippen LogP contribution is -2.32. The standard InChI is InChI=1S/C14H24O2/c1-10-3-6-14(9-11(10)2)16-13-7-4-12(15)5-8-13/h10-11,13-14H,3-9H2,1-2H3. The molecule has 0 aromatic rings. The first-order valence-electron chi connectivity index (χ1n) is 6.82. The van der Waals surface area contributed by atoms with Crippen LogP contribution < -0.4 is 0 Å². The van der Waals surface area contributed by atoms with Crippen molar-refractivity contribution < 1.29 is 9.53 Å². The molecule has 3 atom stereocenters. The van der Waals surface area contributed by atoms with Crippen LogP contribution in [0.15, 0.2) is 0 Å². The van der Waals surface area contributed by atoms with E-state index >= 15 is 0 Å². The Hall–Kier alpha value is -0.370. The van der Waals surface area contributed by atoms with Crippen molar-refractivity contribution in [3.05, 3.63) is 0 Å². The first-order valence-corrected chi connectivity index (χ1v) is 6.82. The molecule has 2 nitrogen and oxygen atoms in total. The number of Topliss-reactive ketones (excluding diaryl/α,β-unsaturated/α-hetero) is 1. The zero-order valence-corrected chi connectivity index (χ0v) is 10.6. The van der Waals surface area contributed by atoms with E-state index in [1.54, 1.807) is 0 Å². The Labute approximate surface area is 98.7 Å². The highest BCUT2D eigenvalue weighted by molar-refractivity contribution is 5.79. The summed E-state index contributed by atoms with van der Waals surface area (Å²) in [6.07, 6.45) is 7.96. The molecule has 92 valence electrons. The number of hydrogen-bond donors (Lipinski definition) is 0. The second-order valence-electron chi connectivity index (χ2n) is 5.76. The summed E-state index contributed by atoms with van der Waals surface area (Å²) >= 11 is 0. The van der Waals surface area contributed by atoms with Crippen LogP contribution in [0.25, 0.3) is 0 Å². The minimum Gasteiger partial charge on any atom is -0.375 e. The van der Waals surface area contributed by atoms with E-state index in [2.05, 4.69) is 13.8 Å². The molecule has 2 rings (SSSR count). The summed E-state index contributed by atoms with van der Waals surface area (Å²) in [5, 5.41) is 0. The third-order valence-electron chi connectivity index (χ3n) is 4.43. The maximum Gasteiger partial charge on any atom is 0.133 e. The molecule has 3 unspecified atom stereocenters. The number of ether oxygens (including phenoxy) is 1. The van der Waals surface area contributed by atoms with Crippen LogP contribution in [0, 0.1) is 11.8 Å². The molecule has 2 aliphatic rings. The Morgan fingerprint density at radius 3 is 2.25 bits per heavy atom. The van der Waals surface area contributed by atoms with Gasteiger partial charge in [-0.1, -0.05) is 13.8 Å². The maximum atomic E-state index is 11.1. The third kappa shape index (κ3) is 3.07. The van der Waals surface area contributed by atoms with Crippen molar-refractivity contribution in [2.45, 2.75) is 71.0 Å². The fourth-order valence-electron chi connectivity index (χ4n) is 2.94. The highest BCUT2D eigenvalue weighted by atomic mass is 16.5. The molecule has 0 aliphatic heterocycles. The van der Waals surface area contributed by atoms with Gasteiger partial charge in [-0.25, -0.2) is 0 Å². The van der Waals surface area contributed by atoms with Gasteiger partial charge in [0, 0.05) is 12.8 Å². The Bertz CT molecular complexity index is 239. The van der Waals surface area contributed by atoms with Gasteiger partial charge in [0.2, 0.25) is 0 Å². The summed E-state index contributed by atoms with van der Waals surface area (Å²) in [7, 11) is 0. The molecule has 0 amide bonds. The number of hydrogen-bond acceptors (Lipinski definition) is 2. The number of rotatable bonds is 2. The summed E-state index contributed by atoms with van der Waals surface area (Å²) in [5.74, 6) is 2.07. The normalized spacial score (nSPS) is 37.6. The molecule has 2 aliphatic carbocycles. The molecule has 0 aromatic carbocycles. The van der Waals surface area contributed by atoms with E-state index in [0.29, 0.717) is 18.0 Å². The van der Waals surface area contributed by atoms with Crippen molar-refractivity contribution in [1.82, 2.24) is 0 Å². The number of carbonyl (C=O) groups is 1. The minimum absolute atomic E-state index is 0.364. The van der Waals surface area contributed by atoms with Crippen molar-refractivity contribution in [2.75, 3.05) is 0 Å². The van der Waals surface area contributed by atoms with E-state index < -0.39 is 0 Å². The van der Waals surface area contributed by atoms with Crippen molar-refractivity contribution in [2.24, 2.45) is 11.8 Å². The molecule has 0 heterocycles. The van der Waals surface area contributed by atoms with Crippen molar-refractivity contribution >= 4 is 5.78 Å². The van der Waals surface area contributed by atoms with Gasteiger partial charge in [-0.2, -0.15) is 0 Å². The van der Waals surface area contributed by atoms with Crippen molar-refractivity contribution in [3.8, 4) is 0 Å². The predicted octanol–water partition coefficient (Wildman–Crippen LogP) is 3.34. The van der Waals surface area contributed by atoms with Crippen molar-refractivity contribution in [3.63, 3.8) is 0 Å². The predicted molar refractivity (Wildman–Crippen MR) is 64.3 cm³/mol. The van der Waals surface area contributed by atoms with Crippen LogP contribution in [0.5, 0.6) is 0 Å². The fourth-order valence-corrected chi connectivity index (χ4v) is 2.94. The average Bonchev–Trinajstić information content (AvgIpc) is 2.27. The Kier molecular flexibility index (Phi) is 4.01. The topological polar surface area (TPSA) is 26.3 Å². The molecule has 16 heavy (non-hydrogen) atoms. The molecule has 0 aromatic heterocycles. The van der Waals surface area contributed by atoms with Crippen LogP contribution in [0.4, 0.5) is 0 Å². The molecule has 0 radical (unpaired) electrons. The molecule has 0 saturated heterocycles. The molecule has 0 N–H and O–H groups in total. The highest BCUT2D eigenvalue weighted by Crippen LogP contribution is 2.32. The van der Waals surface area contributed by atoms with E-state index in [4.69, 9.17) is 4.74 Å². The van der Waals surface area contributed by atoms with E-state index in [0.717, 1.165) is 37.5 Å². The second-order valence-corrected chi connectivity index (χ2v) is 5.76. The van der Waals surface area contributed by atoms with Crippen LogP contribution in [-0.4, -0.2) is 18.0 Å². The molecule has 2 heteroatoms. The van der Waals surface area contributed by atoms with Gasteiger partial charge in [0.05, 0.1) is 12.2 Å². The Morgan fingerprint density at radius 1 is 0.938 bits per heavy atom. The SMILES string of the molecule is CC1CCC(OC2CCC(=O)CC2)CC1C. The second kappa shape index (κ2) is 5.31. The minimum atomic E-state index is 0.364. The third-order valence-corrected chi connectivity index (χ3v) is 4.43. The summed E-state index contributed by atoms with van der Waals surface area (Å²) in [5.41, 5.74) is 0. The fraction of sp³-hybridized carbons (Fsp3) is 0.929. The largest absolute Gasteiger partial charge is 0.375 e. The van der Waals surface area contributed by atoms with Crippen LogP contribution in [-0.2, 0) is 9.53 Å². The quantitative estimate of drug-likeness (QED) is 0.719. The van der Waals surface area contributed by atoms with Gasteiger partial charge >= 0.3 is 0 Å². The lowest BCUT2D eigenvalue weighted by Gasteiger charge is -2.35. The van der Waals surface area contributed by atoms with E-state index in [1.807, 2.05) is 0 Å². The molecule has 2 fully saturated rings. The zero-order valence-electron chi connectivity index (χ0n) is 10.6. The van der Waals surface area contributed by atoms with Gasteiger partial charge in [-0.3, -0.25) is 4.79 Å². The maximum absolute atomic E-state index is 11.1. The first kappa shape index (κ1) is 12.1. The van der Waals surface area contributed by atoms with Crippen LogP contribution >= 0.6 is 0 Å². The number of carbonyl (C=O) groups excluding carboxylic acids is 1. The van der Waals surface area contributed by atoms with Gasteiger partial charge in [0.25, 0.3) is 0 Å². The molecule has 2 saturated carbocycles. The Balaban J connectivity index is 1.75. The summed E-state index contributed by atoms with van der Waals surface area (Å²) in [4.78, 5) is 11.1. The molecule has 0 bridgehead atoms. The van der Waals surface area contributed by atoms with Crippen LogP contribution in [0.2, 0.25) is 0 Å². The summed E-state index contributed by atoms with van der Waals surface area (Å²) < 4.78 is 6.15. The first-order chi connectivity index (χ1) is 7.65. The zero-order chi connectivity index (χ0) is 11.5. The summed E-state index contributed by atoms with van der Waals surface area (Å²) in [6.45, 7) is 4.69. The summed E-state index contributed by atoms with van der Waals surface area (Å²) in [6, 6.07) is 0. The van der Waals surface area contributed by atoms with Gasteiger partial charge < -0.3 is 4.74 Å². The average molecular weight is 224 g/mol. The van der Waals surface area contributed by atoms with Gasteiger partial charge in [-0.15, -0.1) is 0 Å². The van der Waals surface area contributed by atoms with Crippen LogP contribution in [0.1, 0.15) is 58.8 Å². The van der Waals surface area contributed by atoms with Gasteiger partial charge in [-0.05, 0) is 43.9 Å². The van der Waals surface area contributed by atoms with E-state index in [-0.39, 0.29) is 0 Å². The lowest BCUT2D eigenvalue weighted by molar-refractivity contribution is -0.125. The van der Waals surface area contributed by atoms with Crippen molar-refractivity contribution in [1.29, 1.82) is 0 Å². The molecule has 0 spiro atoms. The van der Waals surface area contributed by atoms with E-state index in [1.165, 1.54) is 19.3 Å².